The maximum atomic E-state index is 11.2. The largest absolute Gasteiger partial charge is 0.417 e. The molecule has 19 heavy (non-hydrogen) atoms. The number of oxazole rings is 1. The molecule has 1 aromatic carbocycles. The number of nitrogens with zero attached hydrogens (tertiary/aromatic N) is 1. The van der Waals surface area contributed by atoms with Gasteiger partial charge in [-0.25, -0.2) is 4.79 Å². The molecule has 6 nitrogen and oxygen atoms in total. The third-order valence-corrected chi connectivity index (χ3v) is 2.87. The summed E-state index contributed by atoms with van der Waals surface area (Å²) in [7, 11) is 0. The molecule has 0 spiro atoms. The van der Waals surface area contributed by atoms with E-state index in [2.05, 4.69) is 4.98 Å². The first-order chi connectivity index (χ1) is 8.80. The van der Waals surface area contributed by atoms with Crippen LogP contribution in [0.2, 0.25) is 0 Å². The predicted molar refractivity (Wildman–Crippen MR) is 75.4 cm³/mol. The number of nitrogens with two attached hydrogens (primary N) is 1. The fourth-order valence-electron chi connectivity index (χ4n) is 2.11. The third-order valence-electron chi connectivity index (χ3n) is 2.87. The number of nitrogens with one attached hydrogen (secondary N) is 1. The molecule has 0 saturated carbocycles. The number of aromatic nitrogens is 1. The fourth-order valence-corrected chi connectivity index (χ4v) is 2.11. The highest BCUT2D eigenvalue weighted by Gasteiger charge is 2.20. The fraction of sp³-hybridized carbons (Fsp3) is 0.462. The number of aromatic amines is 1. The van der Waals surface area contributed by atoms with Crippen LogP contribution in [0, 0.1) is 0 Å². The summed E-state index contributed by atoms with van der Waals surface area (Å²) >= 11 is 0. The standard InChI is InChI=1S/C13H19N3O3/c1-4-16(7-13(2,3)18)10-6-9-11(5-8(10)14)19-12(17)15-9/h5-6,18H,4,7,14H2,1-3H3,(H,15,17). The lowest BCUT2D eigenvalue weighted by Crippen LogP contribution is -2.38. The van der Waals surface area contributed by atoms with Gasteiger partial charge >= 0.3 is 5.76 Å². The second kappa shape index (κ2) is 4.62. The first-order valence-corrected chi connectivity index (χ1v) is 6.20. The third kappa shape index (κ3) is 2.90. The van der Waals surface area contributed by atoms with E-state index in [0.29, 0.717) is 29.9 Å². The van der Waals surface area contributed by atoms with Crippen LogP contribution >= 0.6 is 0 Å². The monoisotopic (exact) mass is 265 g/mol. The van der Waals surface area contributed by atoms with Crippen molar-refractivity contribution >= 4 is 22.5 Å². The van der Waals surface area contributed by atoms with Gasteiger partial charge in [0.25, 0.3) is 0 Å². The second-order valence-electron chi connectivity index (χ2n) is 5.25. The molecule has 0 unspecified atom stereocenters. The van der Waals surface area contributed by atoms with Gasteiger partial charge in [0, 0.05) is 19.2 Å². The number of anilines is 2. The van der Waals surface area contributed by atoms with Crippen LogP contribution in [0.25, 0.3) is 11.1 Å². The lowest BCUT2D eigenvalue weighted by molar-refractivity contribution is 0.0876. The second-order valence-corrected chi connectivity index (χ2v) is 5.25. The maximum absolute atomic E-state index is 11.2. The number of H-pyrrole nitrogens is 1. The normalized spacial score (nSPS) is 12.0. The van der Waals surface area contributed by atoms with Crippen molar-refractivity contribution < 1.29 is 9.52 Å². The summed E-state index contributed by atoms with van der Waals surface area (Å²) in [5.74, 6) is -0.503. The van der Waals surface area contributed by atoms with Gasteiger partial charge in [0.15, 0.2) is 5.58 Å². The number of benzene rings is 1. The molecule has 1 heterocycles. The zero-order valence-corrected chi connectivity index (χ0v) is 11.4. The summed E-state index contributed by atoms with van der Waals surface area (Å²) in [5.41, 5.74) is 7.48. The molecule has 0 amide bonds. The first kappa shape index (κ1) is 13.5. The Hall–Kier alpha value is -1.95. The Morgan fingerprint density at radius 2 is 2.16 bits per heavy atom. The molecule has 104 valence electrons. The molecule has 4 N–H and O–H groups in total. The zero-order valence-electron chi connectivity index (χ0n) is 11.4. The molecule has 0 aliphatic carbocycles. The van der Waals surface area contributed by atoms with Gasteiger partial charge in [0.1, 0.15) is 0 Å². The minimum absolute atomic E-state index is 0.436. The number of hydrogen-bond acceptors (Lipinski definition) is 5. The molecule has 0 saturated heterocycles. The van der Waals surface area contributed by atoms with Crippen molar-refractivity contribution in [3.05, 3.63) is 22.7 Å². The van der Waals surface area contributed by atoms with Gasteiger partial charge in [-0.15, -0.1) is 0 Å². The molecule has 0 bridgehead atoms. The molecule has 0 fully saturated rings. The van der Waals surface area contributed by atoms with Crippen molar-refractivity contribution in [3.63, 3.8) is 0 Å². The molecule has 0 atom stereocenters. The molecule has 6 heteroatoms. The minimum Gasteiger partial charge on any atom is -0.408 e. The summed E-state index contributed by atoms with van der Waals surface area (Å²) < 4.78 is 4.96. The smallest absolute Gasteiger partial charge is 0.408 e. The molecule has 2 aromatic rings. The van der Waals surface area contributed by atoms with Gasteiger partial charge in [-0.3, -0.25) is 4.98 Å². The van der Waals surface area contributed by atoms with Crippen molar-refractivity contribution in [2.75, 3.05) is 23.7 Å². The van der Waals surface area contributed by atoms with Gasteiger partial charge in [0.2, 0.25) is 0 Å². The molecular weight excluding hydrogens is 246 g/mol. The van der Waals surface area contributed by atoms with Crippen LogP contribution in [0.3, 0.4) is 0 Å². The van der Waals surface area contributed by atoms with Crippen molar-refractivity contribution in [1.29, 1.82) is 0 Å². The lowest BCUT2D eigenvalue weighted by Gasteiger charge is -2.30. The Kier molecular flexibility index (Phi) is 3.28. The molecular formula is C13H19N3O3. The van der Waals surface area contributed by atoms with Gasteiger partial charge in [0.05, 0.1) is 22.5 Å². The van der Waals surface area contributed by atoms with Gasteiger partial charge < -0.3 is 20.2 Å². The summed E-state index contributed by atoms with van der Waals surface area (Å²) in [4.78, 5) is 15.7. The number of aliphatic hydroxyl groups is 1. The Balaban J connectivity index is 2.47. The van der Waals surface area contributed by atoms with Crippen LogP contribution in [-0.2, 0) is 0 Å². The van der Waals surface area contributed by atoms with E-state index in [1.165, 1.54) is 0 Å². The summed E-state index contributed by atoms with van der Waals surface area (Å²) in [6, 6.07) is 3.39. The molecule has 1 aromatic heterocycles. The molecule has 0 radical (unpaired) electrons. The van der Waals surface area contributed by atoms with Crippen LogP contribution in [-0.4, -0.2) is 28.8 Å². The molecule has 0 aliphatic rings. The molecule has 0 aliphatic heterocycles. The Morgan fingerprint density at radius 3 is 2.74 bits per heavy atom. The highest BCUT2D eigenvalue weighted by atomic mass is 16.4. The average Bonchev–Trinajstić information content (AvgIpc) is 2.63. The van der Waals surface area contributed by atoms with E-state index in [1.807, 2.05) is 11.8 Å². The SMILES string of the molecule is CCN(CC(C)(C)O)c1cc2[nH]c(=O)oc2cc1N. The van der Waals surface area contributed by atoms with E-state index < -0.39 is 11.4 Å². The Labute approximate surface area is 110 Å². The number of hydrogen-bond donors (Lipinski definition) is 3. The van der Waals surface area contributed by atoms with Gasteiger partial charge in [-0.05, 0) is 26.8 Å². The van der Waals surface area contributed by atoms with Crippen molar-refractivity contribution in [3.8, 4) is 0 Å². The van der Waals surface area contributed by atoms with E-state index in [4.69, 9.17) is 10.2 Å². The topological polar surface area (TPSA) is 95.5 Å². The van der Waals surface area contributed by atoms with Gasteiger partial charge in [-0.2, -0.15) is 0 Å². The van der Waals surface area contributed by atoms with E-state index >= 15 is 0 Å². The minimum atomic E-state index is -0.832. The predicted octanol–water partition coefficient (Wildman–Crippen LogP) is 1.30. The highest BCUT2D eigenvalue weighted by molar-refractivity contribution is 5.85. The average molecular weight is 265 g/mol. The van der Waals surface area contributed by atoms with Crippen LogP contribution in [0.15, 0.2) is 21.3 Å². The van der Waals surface area contributed by atoms with Gasteiger partial charge in [-0.1, -0.05) is 0 Å². The van der Waals surface area contributed by atoms with Crippen molar-refractivity contribution in [1.82, 2.24) is 4.98 Å². The van der Waals surface area contributed by atoms with E-state index in [1.54, 1.807) is 26.0 Å². The van der Waals surface area contributed by atoms with Crippen molar-refractivity contribution in [2.45, 2.75) is 26.4 Å². The van der Waals surface area contributed by atoms with E-state index in [-0.39, 0.29) is 0 Å². The number of likely N-dealkylation sites (N-methyl/N-ethyl adjacent to an activating group) is 1. The van der Waals surface area contributed by atoms with E-state index in [9.17, 15) is 9.90 Å². The van der Waals surface area contributed by atoms with Crippen LogP contribution in [0.5, 0.6) is 0 Å². The summed E-state index contributed by atoms with van der Waals surface area (Å²) in [6.07, 6.45) is 0. The summed E-state index contributed by atoms with van der Waals surface area (Å²) in [6.45, 7) is 6.60. The highest BCUT2D eigenvalue weighted by Crippen LogP contribution is 2.28. The van der Waals surface area contributed by atoms with Crippen molar-refractivity contribution in [2.24, 2.45) is 0 Å². The Bertz CT molecular complexity index is 637. The summed E-state index contributed by atoms with van der Waals surface area (Å²) in [5, 5.41) is 9.93. The zero-order chi connectivity index (χ0) is 14.2. The van der Waals surface area contributed by atoms with Crippen LogP contribution in [0.1, 0.15) is 20.8 Å². The number of rotatable bonds is 4. The van der Waals surface area contributed by atoms with Crippen LogP contribution in [0.4, 0.5) is 11.4 Å². The van der Waals surface area contributed by atoms with E-state index in [0.717, 1.165) is 5.69 Å². The quantitative estimate of drug-likeness (QED) is 0.724. The molecule has 2 rings (SSSR count). The Morgan fingerprint density at radius 1 is 1.47 bits per heavy atom. The maximum Gasteiger partial charge on any atom is 0.417 e. The first-order valence-electron chi connectivity index (χ1n) is 6.20. The van der Waals surface area contributed by atoms with Crippen LogP contribution < -0.4 is 16.4 Å². The number of nitrogen functional groups attached to an aromatic ring is 1. The number of fused-ring (bicyclic) bond motifs is 1. The lowest BCUT2D eigenvalue weighted by atomic mass is 10.1.